The Bertz CT molecular complexity index is 1220. The van der Waals surface area contributed by atoms with Crippen molar-refractivity contribution in [3.8, 4) is 23.0 Å². The highest BCUT2D eigenvalue weighted by Crippen LogP contribution is 2.31. The van der Waals surface area contributed by atoms with Crippen LogP contribution in [0.1, 0.15) is 34.5 Å². The molecule has 1 unspecified atom stereocenters. The third-order valence-electron chi connectivity index (χ3n) is 5.17. The summed E-state index contributed by atoms with van der Waals surface area (Å²) >= 11 is 0. The van der Waals surface area contributed by atoms with E-state index in [1.165, 1.54) is 0 Å². The molecule has 4 rings (SSSR count). The first-order valence-electron chi connectivity index (χ1n) is 10.8. The van der Waals surface area contributed by atoms with Gasteiger partial charge in [0.2, 0.25) is 0 Å². The molecule has 1 amide bonds. The van der Waals surface area contributed by atoms with Crippen molar-refractivity contribution >= 4 is 5.91 Å². The van der Waals surface area contributed by atoms with Crippen molar-refractivity contribution in [1.29, 1.82) is 0 Å². The first-order valence-corrected chi connectivity index (χ1v) is 10.8. The number of amides is 1. The van der Waals surface area contributed by atoms with Gasteiger partial charge in [-0.1, -0.05) is 6.07 Å². The molecule has 0 aliphatic heterocycles. The molecule has 0 fully saturated rings. The number of nitrogens with zero attached hydrogens (tertiary/aromatic N) is 2. The normalized spacial score (nSPS) is 11.4. The van der Waals surface area contributed by atoms with Crippen molar-refractivity contribution in [2.75, 3.05) is 7.11 Å². The van der Waals surface area contributed by atoms with E-state index in [0.29, 0.717) is 35.2 Å². The summed E-state index contributed by atoms with van der Waals surface area (Å²) in [5, 5.41) is 3.02. The van der Waals surface area contributed by atoms with Gasteiger partial charge in [0.25, 0.3) is 5.91 Å². The highest BCUT2D eigenvalue weighted by Gasteiger charge is 2.15. The number of nitrogens with one attached hydrogen (secondary N) is 1. The topological polar surface area (TPSA) is 82.6 Å². The number of rotatable bonds is 9. The minimum Gasteiger partial charge on any atom is -0.493 e. The molecule has 34 heavy (non-hydrogen) atoms. The Morgan fingerprint density at radius 3 is 2.41 bits per heavy atom. The molecule has 0 bridgehead atoms. The van der Waals surface area contributed by atoms with Crippen LogP contribution in [0, 0.1) is 0 Å². The lowest BCUT2D eigenvalue weighted by Gasteiger charge is -2.17. The predicted molar refractivity (Wildman–Crippen MR) is 128 cm³/mol. The molecule has 0 radical (unpaired) electrons. The maximum Gasteiger partial charge on any atom is 0.251 e. The second-order valence-electron chi connectivity index (χ2n) is 7.56. The molecule has 172 valence electrons. The number of aromatic nitrogens is 2. The number of carbonyl (C=O) groups is 1. The maximum atomic E-state index is 12.8. The summed E-state index contributed by atoms with van der Waals surface area (Å²) < 4.78 is 17.1. The minimum absolute atomic E-state index is 0.183. The van der Waals surface area contributed by atoms with Crippen molar-refractivity contribution in [3.05, 3.63) is 108 Å². The number of methoxy groups -OCH3 is 1. The smallest absolute Gasteiger partial charge is 0.251 e. The Morgan fingerprint density at radius 1 is 0.912 bits per heavy atom. The minimum atomic E-state index is -0.234. The average Bonchev–Trinajstić information content (AvgIpc) is 2.89. The Kier molecular flexibility index (Phi) is 7.35. The standard InChI is InChI=1S/C27H25N3O4/c1-19(22-7-10-25(26(16-22)32-2)33-18-20-11-14-28-15-12-20)30-27(31)21-5-8-23(9-6-21)34-24-4-3-13-29-17-24/h3-17,19H,18H2,1-2H3,(H,30,31). The van der Waals surface area contributed by atoms with Crippen LogP contribution in [0.2, 0.25) is 0 Å². The third kappa shape index (κ3) is 5.89. The Hall–Kier alpha value is -4.39. The Labute approximate surface area is 198 Å². The van der Waals surface area contributed by atoms with Gasteiger partial charge < -0.3 is 19.5 Å². The SMILES string of the molecule is COc1cc(C(C)NC(=O)c2ccc(Oc3cccnc3)cc2)ccc1OCc1ccncc1. The zero-order valence-electron chi connectivity index (χ0n) is 19.0. The van der Waals surface area contributed by atoms with Crippen LogP contribution in [0.15, 0.2) is 91.5 Å². The quantitative estimate of drug-likeness (QED) is 0.366. The maximum absolute atomic E-state index is 12.8. The number of hydrogen-bond donors (Lipinski definition) is 1. The van der Waals surface area contributed by atoms with Crippen molar-refractivity contribution in [2.45, 2.75) is 19.6 Å². The van der Waals surface area contributed by atoms with Gasteiger partial charge in [0.1, 0.15) is 18.1 Å². The van der Waals surface area contributed by atoms with Gasteiger partial charge in [0.15, 0.2) is 11.5 Å². The van der Waals surface area contributed by atoms with Gasteiger partial charge in [0, 0.05) is 24.2 Å². The fourth-order valence-electron chi connectivity index (χ4n) is 3.29. The largest absolute Gasteiger partial charge is 0.493 e. The van der Waals surface area contributed by atoms with E-state index >= 15 is 0 Å². The molecule has 1 N–H and O–H groups in total. The summed E-state index contributed by atoms with van der Waals surface area (Å²) in [6.07, 6.45) is 6.77. The van der Waals surface area contributed by atoms with Gasteiger partial charge in [-0.25, -0.2) is 0 Å². The molecule has 0 saturated heterocycles. The van der Waals surface area contributed by atoms with E-state index in [1.54, 1.807) is 62.2 Å². The Balaban J connectivity index is 1.37. The van der Waals surface area contributed by atoms with E-state index in [0.717, 1.165) is 11.1 Å². The van der Waals surface area contributed by atoms with Gasteiger partial charge in [-0.2, -0.15) is 0 Å². The van der Waals surface area contributed by atoms with Crippen LogP contribution in [-0.4, -0.2) is 23.0 Å². The van der Waals surface area contributed by atoms with E-state index in [4.69, 9.17) is 14.2 Å². The van der Waals surface area contributed by atoms with E-state index in [2.05, 4.69) is 15.3 Å². The molecule has 4 aromatic rings. The van der Waals surface area contributed by atoms with Gasteiger partial charge in [0.05, 0.1) is 19.3 Å². The van der Waals surface area contributed by atoms with Crippen LogP contribution in [0.5, 0.6) is 23.0 Å². The first-order chi connectivity index (χ1) is 16.6. The van der Waals surface area contributed by atoms with Gasteiger partial charge in [-0.15, -0.1) is 0 Å². The molecule has 2 aromatic carbocycles. The van der Waals surface area contributed by atoms with Crippen molar-refractivity contribution in [3.63, 3.8) is 0 Å². The average molecular weight is 456 g/mol. The summed E-state index contributed by atoms with van der Waals surface area (Å²) in [5.41, 5.74) is 2.45. The fourth-order valence-corrected chi connectivity index (χ4v) is 3.29. The van der Waals surface area contributed by atoms with Crippen molar-refractivity contribution in [1.82, 2.24) is 15.3 Å². The molecule has 7 heteroatoms. The molecule has 7 nitrogen and oxygen atoms in total. The molecular weight excluding hydrogens is 430 g/mol. The summed E-state index contributed by atoms with van der Waals surface area (Å²) in [5.74, 6) is 2.31. The number of benzene rings is 2. The summed E-state index contributed by atoms with van der Waals surface area (Å²) in [6, 6.07) is 19.8. The Morgan fingerprint density at radius 2 is 1.71 bits per heavy atom. The van der Waals surface area contributed by atoms with Gasteiger partial charge in [-0.3, -0.25) is 14.8 Å². The van der Waals surface area contributed by atoms with Crippen LogP contribution in [-0.2, 0) is 6.61 Å². The molecule has 2 heterocycles. The second-order valence-corrected chi connectivity index (χ2v) is 7.56. The van der Waals surface area contributed by atoms with Crippen LogP contribution in [0.4, 0.5) is 0 Å². The number of carbonyl (C=O) groups excluding carboxylic acids is 1. The molecular formula is C27H25N3O4. The van der Waals surface area contributed by atoms with Crippen LogP contribution >= 0.6 is 0 Å². The molecule has 1 atom stereocenters. The highest BCUT2D eigenvalue weighted by atomic mass is 16.5. The van der Waals surface area contributed by atoms with Crippen LogP contribution in [0.25, 0.3) is 0 Å². The van der Waals surface area contributed by atoms with E-state index in [9.17, 15) is 4.79 Å². The zero-order chi connectivity index (χ0) is 23.8. The van der Waals surface area contributed by atoms with Crippen molar-refractivity contribution < 1.29 is 19.0 Å². The predicted octanol–water partition coefficient (Wildman–Crippen LogP) is 5.35. The van der Waals surface area contributed by atoms with E-state index in [1.807, 2.05) is 43.3 Å². The van der Waals surface area contributed by atoms with Crippen LogP contribution < -0.4 is 19.5 Å². The molecule has 0 aliphatic carbocycles. The van der Waals surface area contributed by atoms with Crippen LogP contribution in [0.3, 0.4) is 0 Å². The molecule has 0 saturated carbocycles. The molecule has 0 aliphatic rings. The van der Waals surface area contributed by atoms with Crippen molar-refractivity contribution in [2.24, 2.45) is 0 Å². The number of hydrogen-bond acceptors (Lipinski definition) is 6. The monoisotopic (exact) mass is 455 g/mol. The zero-order valence-corrected chi connectivity index (χ0v) is 19.0. The van der Waals surface area contributed by atoms with E-state index < -0.39 is 0 Å². The summed E-state index contributed by atoms with van der Waals surface area (Å²) in [6.45, 7) is 2.33. The molecule has 0 spiro atoms. The lowest BCUT2D eigenvalue weighted by molar-refractivity contribution is 0.0940. The lowest BCUT2D eigenvalue weighted by atomic mass is 10.1. The van der Waals surface area contributed by atoms with Gasteiger partial charge in [-0.05, 0) is 78.7 Å². The lowest BCUT2D eigenvalue weighted by Crippen LogP contribution is -2.26. The molecule has 2 aromatic heterocycles. The third-order valence-corrected chi connectivity index (χ3v) is 5.17. The fraction of sp³-hybridized carbons (Fsp3) is 0.148. The van der Waals surface area contributed by atoms with E-state index in [-0.39, 0.29) is 11.9 Å². The first kappa shape index (κ1) is 22.8. The van der Waals surface area contributed by atoms with Gasteiger partial charge >= 0.3 is 0 Å². The summed E-state index contributed by atoms with van der Waals surface area (Å²) in [7, 11) is 1.59. The highest BCUT2D eigenvalue weighted by molar-refractivity contribution is 5.94. The number of ether oxygens (including phenoxy) is 3. The summed E-state index contributed by atoms with van der Waals surface area (Å²) in [4.78, 5) is 20.8. The number of pyridine rings is 2. The second kappa shape index (κ2) is 11.0.